The van der Waals surface area contributed by atoms with E-state index in [9.17, 15) is 4.79 Å². The maximum absolute atomic E-state index is 12.9. The first-order chi connectivity index (χ1) is 16.4. The molecule has 1 fully saturated rings. The van der Waals surface area contributed by atoms with Crippen molar-refractivity contribution in [3.05, 3.63) is 82.9 Å². The lowest BCUT2D eigenvalue weighted by Crippen LogP contribution is -2.33. The monoisotopic (exact) mass is 475 g/mol. The maximum atomic E-state index is 12.9. The molecule has 178 valence electrons. The second-order valence-electron chi connectivity index (χ2n) is 8.70. The van der Waals surface area contributed by atoms with Gasteiger partial charge in [-0.1, -0.05) is 31.2 Å². The zero-order chi connectivity index (χ0) is 24.2. The van der Waals surface area contributed by atoms with Gasteiger partial charge in [0.2, 0.25) is 5.91 Å². The summed E-state index contributed by atoms with van der Waals surface area (Å²) in [4.78, 5) is 19.7. The SMILES string of the molecule is CCc1ccccc1NC(=O)CCN1C(=S)NC(c2ccccn2)C1c1cc(C)n(CC)c1C. The number of nitrogens with zero attached hydrogens (tertiary/aromatic N) is 3. The zero-order valence-corrected chi connectivity index (χ0v) is 21.2. The van der Waals surface area contributed by atoms with Crippen molar-refractivity contribution in [2.45, 2.75) is 59.2 Å². The van der Waals surface area contributed by atoms with Crippen LogP contribution in [0, 0.1) is 13.8 Å². The van der Waals surface area contributed by atoms with Gasteiger partial charge in [0.1, 0.15) is 0 Å². The number of hydrogen-bond donors (Lipinski definition) is 2. The summed E-state index contributed by atoms with van der Waals surface area (Å²) in [7, 11) is 0. The second kappa shape index (κ2) is 10.4. The summed E-state index contributed by atoms with van der Waals surface area (Å²) >= 11 is 5.78. The van der Waals surface area contributed by atoms with Gasteiger partial charge in [0.15, 0.2) is 5.11 Å². The minimum Gasteiger partial charge on any atom is -0.352 e. The molecule has 7 heteroatoms. The topological polar surface area (TPSA) is 62.2 Å². The highest BCUT2D eigenvalue weighted by atomic mass is 32.1. The number of thiocarbonyl (C=S) groups is 1. The van der Waals surface area contributed by atoms with Crippen LogP contribution in [-0.2, 0) is 17.8 Å². The fourth-order valence-corrected chi connectivity index (χ4v) is 5.32. The quantitative estimate of drug-likeness (QED) is 0.445. The minimum atomic E-state index is -0.0802. The summed E-state index contributed by atoms with van der Waals surface area (Å²) in [5.41, 5.74) is 6.63. The van der Waals surface area contributed by atoms with E-state index >= 15 is 0 Å². The van der Waals surface area contributed by atoms with E-state index in [1.54, 1.807) is 0 Å². The lowest BCUT2D eigenvalue weighted by molar-refractivity contribution is -0.116. The van der Waals surface area contributed by atoms with Crippen LogP contribution in [0.3, 0.4) is 0 Å². The number of anilines is 1. The third kappa shape index (κ3) is 4.71. The number of rotatable bonds is 8. The van der Waals surface area contributed by atoms with Gasteiger partial charge in [-0.15, -0.1) is 0 Å². The van der Waals surface area contributed by atoms with Crippen LogP contribution in [0.25, 0.3) is 0 Å². The smallest absolute Gasteiger partial charge is 0.226 e. The molecule has 0 aliphatic carbocycles. The zero-order valence-electron chi connectivity index (χ0n) is 20.3. The first-order valence-electron chi connectivity index (χ1n) is 12.0. The van der Waals surface area contributed by atoms with Crippen molar-refractivity contribution in [1.82, 2.24) is 19.8 Å². The van der Waals surface area contributed by atoms with Crippen LogP contribution >= 0.6 is 12.2 Å². The Morgan fingerprint density at radius 1 is 1.15 bits per heavy atom. The molecule has 1 saturated heterocycles. The fraction of sp³-hybridized carbons (Fsp3) is 0.370. The van der Waals surface area contributed by atoms with Crippen LogP contribution in [0.4, 0.5) is 5.69 Å². The molecule has 0 bridgehead atoms. The van der Waals surface area contributed by atoms with E-state index in [1.165, 1.54) is 17.0 Å². The number of nitrogens with one attached hydrogen (secondary N) is 2. The Bertz CT molecular complexity index is 1170. The number of pyridine rings is 1. The molecule has 3 heterocycles. The Hall–Kier alpha value is -3.19. The van der Waals surface area contributed by atoms with Gasteiger partial charge in [-0.2, -0.15) is 0 Å². The van der Waals surface area contributed by atoms with E-state index in [4.69, 9.17) is 12.2 Å². The Labute approximate surface area is 207 Å². The average molecular weight is 476 g/mol. The lowest BCUT2D eigenvalue weighted by atomic mass is 9.96. The molecule has 0 radical (unpaired) electrons. The summed E-state index contributed by atoms with van der Waals surface area (Å²) < 4.78 is 2.32. The van der Waals surface area contributed by atoms with Crippen LogP contribution in [0.2, 0.25) is 0 Å². The van der Waals surface area contributed by atoms with Crippen LogP contribution in [0.5, 0.6) is 0 Å². The first-order valence-corrected chi connectivity index (χ1v) is 12.4. The minimum absolute atomic E-state index is 0.0113. The summed E-state index contributed by atoms with van der Waals surface area (Å²) in [5.74, 6) is -0.0113. The van der Waals surface area contributed by atoms with Crippen LogP contribution in [0.1, 0.15) is 60.6 Å². The molecule has 0 saturated carbocycles. The number of carbonyl (C=O) groups excluding carboxylic acids is 1. The Morgan fingerprint density at radius 2 is 1.91 bits per heavy atom. The third-order valence-corrected chi connectivity index (χ3v) is 7.05. The maximum Gasteiger partial charge on any atom is 0.226 e. The van der Waals surface area contributed by atoms with Gasteiger partial charge < -0.3 is 20.1 Å². The van der Waals surface area contributed by atoms with E-state index in [0.29, 0.717) is 18.1 Å². The predicted molar refractivity (Wildman–Crippen MR) is 141 cm³/mol. The Balaban J connectivity index is 1.59. The van der Waals surface area contributed by atoms with Crippen LogP contribution in [-0.4, -0.2) is 32.0 Å². The molecule has 2 aromatic heterocycles. The van der Waals surface area contributed by atoms with E-state index in [2.05, 4.69) is 58.8 Å². The van der Waals surface area contributed by atoms with Crippen molar-refractivity contribution in [3.8, 4) is 0 Å². The molecule has 0 spiro atoms. The molecule has 3 aromatic rings. The third-order valence-electron chi connectivity index (χ3n) is 6.70. The number of aromatic nitrogens is 2. The van der Waals surface area contributed by atoms with Gasteiger partial charge in [-0.05, 0) is 74.8 Å². The predicted octanol–water partition coefficient (Wildman–Crippen LogP) is 5.08. The molecule has 2 unspecified atom stereocenters. The van der Waals surface area contributed by atoms with E-state index < -0.39 is 0 Å². The van der Waals surface area contributed by atoms with Crippen molar-refractivity contribution in [2.24, 2.45) is 0 Å². The number of aryl methyl sites for hydroxylation is 2. The average Bonchev–Trinajstić information content (AvgIpc) is 3.32. The van der Waals surface area contributed by atoms with E-state index in [-0.39, 0.29) is 18.0 Å². The number of para-hydroxylation sites is 1. The van der Waals surface area contributed by atoms with E-state index in [1.807, 2.05) is 48.7 Å². The normalized spacial score (nSPS) is 17.6. The van der Waals surface area contributed by atoms with Gasteiger partial charge >= 0.3 is 0 Å². The van der Waals surface area contributed by atoms with Crippen molar-refractivity contribution < 1.29 is 4.79 Å². The molecular weight excluding hydrogens is 442 g/mol. The summed E-state index contributed by atoms with van der Waals surface area (Å²) in [6.07, 6.45) is 3.03. The van der Waals surface area contributed by atoms with Gasteiger partial charge in [0.25, 0.3) is 0 Å². The number of benzene rings is 1. The highest BCUT2D eigenvalue weighted by molar-refractivity contribution is 7.80. The Kier molecular flexibility index (Phi) is 7.32. The van der Waals surface area contributed by atoms with Crippen LogP contribution in [0.15, 0.2) is 54.7 Å². The molecule has 4 rings (SSSR count). The van der Waals surface area contributed by atoms with Crippen LogP contribution < -0.4 is 10.6 Å². The van der Waals surface area contributed by atoms with Crippen molar-refractivity contribution >= 4 is 28.9 Å². The molecule has 1 amide bonds. The van der Waals surface area contributed by atoms with Crippen molar-refractivity contribution in [1.29, 1.82) is 0 Å². The largest absolute Gasteiger partial charge is 0.352 e. The van der Waals surface area contributed by atoms with E-state index in [0.717, 1.165) is 29.9 Å². The lowest BCUT2D eigenvalue weighted by Gasteiger charge is -2.28. The molecular formula is C27H33N5OS. The van der Waals surface area contributed by atoms with Gasteiger partial charge in [0.05, 0.1) is 17.8 Å². The molecule has 6 nitrogen and oxygen atoms in total. The summed E-state index contributed by atoms with van der Waals surface area (Å²) in [5, 5.41) is 7.23. The van der Waals surface area contributed by atoms with Crippen molar-refractivity contribution in [2.75, 3.05) is 11.9 Å². The number of amides is 1. The number of carbonyl (C=O) groups is 1. The summed E-state index contributed by atoms with van der Waals surface area (Å²) in [6, 6.07) is 16.0. The highest BCUT2D eigenvalue weighted by Crippen LogP contribution is 2.40. The van der Waals surface area contributed by atoms with Crippen molar-refractivity contribution in [3.63, 3.8) is 0 Å². The van der Waals surface area contributed by atoms with Gasteiger partial charge in [-0.3, -0.25) is 9.78 Å². The molecule has 1 aliphatic heterocycles. The number of hydrogen-bond acceptors (Lipinski definition) is 3. The molecule has 34 heavy (non-hydrogen) atoms. The summed E-state index contributed by atoms with van der Waals surface area (Å²) in [6.45, 7) is 9.99. The molecule has 1 aliphatic rings. The molecule has 2 N–H and O–H groups in total. The second-order valence-corrected chi connectivity index (χ2v) is 9.09. The Morgan fingerprint density at radius 3 is 2.59 bits per heavy atom. The first kappa shape index (κ1) is 24.0. The van der Waals surface area contributed by atoms with Gasteiger partial charge in [-0.25, -0.2) is 0 Å². The highest BCUT2D eigenvalue weighted by Gasteiger charge is 2.41. The molecule has 2 atom stereocenters. The van der Waals surface area contributed by atoms with Gasteiger partial charge in [0, 0.05) is 42.8 Å². The standard InChI is InChI=1S/C27H33N5OS/c1-5-20-11-7-8-12-22(20)29-24(33)14-16-32-26(21-17-18(3)31(6-2)19(21)4)25(30-27(32)34)23-13-9-10-15-28-23/h7-13,15,17,25-26H,5-6,14,16H2,1-4H3,(H,29,33)(H,30,34). The molecule has 1 aromatic carbocycles. The fourth-order valence-electron chi connectivity index (χ4n) is 4.98.